The fourth-order valence-corrected chi connectivity index (χ4v) is 2.92. The summed E-state index contributed by atoms with van der Waals surface area (Å²) in [5.41, 5.74) is 4.61. The summed E-state index contributed by atoms with van der Waals surface area (Å²) in [6.45, 7) is 4.35. The summed E-state index contributed by atoms with van der Waals surface area (Å²) in [4.78, 5) is 12.1. The molecule has 0 bridgehead atoms. The van der Waals surface area contributed by atoms with Gasteiger partial charge in [-0.05, 0) is 24.4 Å². The van der Waals surface area contributed by atoms with Crippen LogP contribution in [0.5, 0.6) is 0 Å². The van der Waals surface area contributed by atoms with Crippen molar-refractivity contribution in [2.75, 3.05) is 0 Å². The predicted molar refractivity (Wildman–Crippen MR) is 92.3 cm³/mol. The molecule has 6 heteroatoms. The van der Waals surface area contributed by atoms with E-state index in [0.717, 1.165) is 33.5 Å². The molecule has 0 aliphatic carbocycles. The molecule has 23 heavy (non-hydrogen) atoms. The summed E-state index contributed by atoms with van der Waals surface area (Å²) < 4.78 is 1.93. The molecule has 0 saturated heterocycles. The molecule has 2 N–H and O–H groups in total. The number of fused-ring (bicyclic) bond motifs is 2. The average molecular weight is 324 g/mol. The number of halogens is 1. The largest absolute Gasteiger partial charge is 0.386 e. The maximum atomic E-state index is 6.47. The van der Waals surface area contributed by atoms with E-state index in [2.05, 4.69) is 32.9 Å². The lowest BCUT2D eigenvalue weighted by molar-refractivity contribution is 0.849. The third kappa shape index (κ3) is 2.45. The van der Waals surface area contributed by atoms with Gasteiger partial charge in [0.1, 0.15) is 0 Å². The van der Waals surface area contributed by atoms with E-state index in [0.29, 0.717) is 11.6 Å². The van der Waals surface area contributed by atoms with Crippen LogP contribution in [0.2, 0.25) is 5.02 Å². The van der Waals surface area contributed by atoms with Crippen LogP contribution in [0.15, 0.2) is 55.8 Å². The van der Waals surface area contributed by atoms with Crippen LogP contribution in [0.25, 0.3) is 27.8 Å². The molecule has 3 heterocycles. The summed E-state index contributed by atoms with van der Waals surface area (Å²) in [7, 11) is 0. The van der Waals surface area contributed by atoms with Crippen molar-refractivity contribution in [3.63, 3.8) is 0 Å². The minimum atomic E-state index is 0.673. The zero-order valence-electron chi connectivity index (χ0n) is 12.3. The van der Waals surface area contributed by atoms with Gasteiger partial charge in [-0.15, -0.1) is 0 Å². The van der Waals surface area contributed by atoms with Gasteiger partial charge in [-0.2, -0.15) is 0 Å². The summed E-state index contributed by atoms with van der Waals surface area (Å²) in [6, 6.07) is 6.06. The maximum Gasteiger partial charge on any atom is 0.155 e. The molecule has 0 atom stereocenters. The molecule has 0 unspecified atom stereocenters. The Kier molecular flexibility index (Phi) is 3.28. The number of imidazole rings is 1. The van der Waals surface area contributed by atoms with Crippen LogP contribution < -0.4 is 5.32 Å². The first-order valence-electron chi connectivity index (χ1n) is 7.19. The van der Waals surface area contributed by atoms with Crippen LogP contribution in [-0.4, -0.2) is 19.4 Å². The number of hydrogen-bond donors (Lipinski definition) is 2. The monoisotopic (exact) mass is 323 g/mol. The predicted octanol–water partition coefficient (Wildman–Crippen LogP) is 3.76. The van der Waals surface area contributed by atoms with Crippen molar-refractivity contribution in [1.29, 1.82) is 0 Å². The van der Waals surface area contributed by atoms with Crippen LogP contribution in [-0.2, 0) is 6.54 Å². The first kappa shape index (κ1) is 13.8. The standard InChI is InChI=1S/C17H14ClN5/c1-2-19-8-12-5-11-6-14(18)13(7-15(11)22-12)16-10-23-4-3-20-17(23)9-21-16/h2-7,9-10,19,22H,1,8H2. The summed E-state index contributed by atoms with van der Waals surface area (Å²) in [5.74, 6) is 0. The van der Waals surface area contributed by atoms with Gasteiger partial charge in [-0.25, -0.2) is 4.98 Å². The number of hydrogen-bond acceptors (Lipinski definition) is 3. The number of nitrogens with zero attached hydrogens (tertiary/aromatic N) is 3. The Balaban J connectivity index is 1.82. The second-order valence-electron chi connectivity index (χ2n) is 5.26. The Morgan fingerprint density at radius 1 is 1.30 bits per heavy atom. The molecule has 0 fully saturated rings. The fraction of sp³-hybridized carbons (Fsp3) is 0.0588. The van der Waals surface area contributed by atoms with E-state index in [1.165, 1.54) is 0 Å². The summed E-state index contributed by atoms with van der Waals surface area (Å²) >= 11 is 6.47. The van der Waals surface area contributed by atoms with Crippen LogP contribution in [0.4, 0.5) is 0 Å². The SMILES string of the molecule is C=CNCc1cc2cc(Cl)c(-c3cn4ccnc4cn3)cc2[nH]1. The van der Waals surface area contributed by atoms with Crippen molar-refractivity contribution in [1.82, 2.24) is 24.7 Å². The van der Waals surface area contributed by atoms with Crippen molar-refractivity contribution in [2.24, 2.45) is 0 Å². The highest BCUT2D eigenvalue weighted by molar-refractivity contribution is 6.34. The molecule has 114 valence electrons. The second kappa shape index (κ2) is 5.44. The Morgan fingerprint density at radius 3 is 3.09 bits per heavy atom. The molecule has 0 amide bonds. The molecular weight excluding hydrogens is 310 g/mol. The van der Waals surface area contributed by atoms with Gasteiger partial charge in [0, 0.05) is 40.8 Å². The van der Waals surface area contributed by atoms with E-state index in [-0.39, 0.29) is 0 Å². The highest BCUT2D eigenvalue weighted by Crippen LogP contribution is 2.31. The van der Waals surface area contributed by atoms with Crippen molar-refractivity contribution >= 4 is 28.2 Å². The highest BCUT2D eigenvalue weighted by atomic mass is 35.5. The van der Waals surface area contributed by atoms with Crippen LogP contribution in [0.1, 0.15) is 5.69 Å². The van der Waals surface area contributed by atoms with Crippen molar-refractivity contribution < 1.29 is 0 Å². The van der Waals surface area contributed by atoms with E-state index in [1.807, 2.05) is 28.9 Å². The molecular formula is C17H14ClN5. The lowest BCUT2D eigenvalue weighted by Gasteiger charge is -2.05. The van der Waals surface area contributed by atoms with E-state index in [9.17, 15) is 0 Å². The first-order chi connectivity index (χ1) is 11.2. The Hall–Kier alpha value is -2.79. The molecule has 5 nitrogen and oxygen atoms in total. The molecule has 0 spiro atoms. The average Bonchev–Trinajstić information content (AvgIpc) is 3.17. The van der Waals surface area contributed by atoms with E-state index in [1.54, 1.807) is 18.6 Å². The molecule has 4 rings (SSSR count). The molecule has 3 aromatic heterocycles. The number of aromatic nitrogens is 4. The highest BCUT2D eigenvalue weighted by Gasteiger charge is 2.10. The molecule has 1 aromatic carbocycles. The van der Waals surface area contributed by atoms with Gasteiger partial charge in [-0.1, -0.05) is 18.2 Å². The Bertz CT molecular complexity index is 1010. The van der Waals surface area contributed by atoms with Crippen molar-refractivity contribution in [3.8, 4) is 11.3 Å². The molecule has 0 aliphatic rings. The molecule has 0 saturated carbocycles. The minimum Gasteiger partial charge on any atom is -0.386 e. The van der Waals surface area contributed by atoms with Gasteiger partial charge in [0.05, 0.1) is 23.5 Å². The van der Waals surface area contributed by atoms with Gasteiger partial charge in [0.15, 0.2) is 5.65 Å². The van der Waals surface area contributed by atoms with Crippen molar-refractivity contribution in [2.45, 2.75) is 6.54 Å². The van der Waals surface area contributed by atoms with Crippen molar-refractivity contribution in [3.05, 3.63) is 66.5 Å². The van der Waals surface area contributed by atoms with Gasteiger partial charge in [-0.3, -0.25) is 4.98 Å². The fourth-order valence-electron chi connectivity index (χ4n) is 2.65. The minimum absolute atomic E-state index is 0.673. The zero-order chi connectivity index (χ0) is 15.8. The topological polar surface area (TPSA) is 58.0 Å². The lowest BCUT2D eigenvalue weighted by Crippen LogP contribution is -2.03. The van der Waals surface area contributed by atoms with Crippen LogP contribution in [0, 0.1) is 0 Å². The van der Waals surface area contributed by atoms with E-state index in [4.69, 9.17) is 11.6 Å². The lowest BCUT2D eigenvalue weighted by atomic mass is 10.1. The quantitative estimate of drug-likeness (QED) is 0.601. The third-order valence-electron chi connectivity index (χ3n) is 3.76. The zero-order valence-corrected chi connectivity index (χ0v) is 13.0. The number of benzene rings is 1. The number of rotatable bonds is 4. The number of H-pyrrole nitrogens is 1. The summed E-state index contributed by atoms with van der Waals surface area (Å²) in [6.07, 6.45) is 8.98. The van der Waals surface area contributed by atoms with Gasteiger partial charge < -0.3 is 14.7 Å². The van der Waals surface area contributed by atoms with Gasteiger partial charge >= 0.3 is 0 Å². The van der Waals surface area contributed by atoms with E-state index >= 15 is 0 Å². The maximum absolute atomic E-state index is 6.47. The Morgan fingerprint density at radius 2 is 2.22 bits per heavy atom. The smallest absolute Gasteiger partial charge is 0.155 e. The van der Waals surface area contributed by atoms with Crippen LogP contribution in [0.3, 0.4) is 0 Å². The normalized spacial score (nSPS) is 11.2. The van der Waals surface area contributed by atoms with Crippen LogP contribution >= 0.6 is 11.6 Å². The van der Waals surface area contributed by atoms with Gasteiger partial charge in [0.25, 0.3) is 0 Å². The first-order valence-corrected chi connectivity index (χ1v) is 7.57. The molecule has 0 radical (unpaired) electrons. The number of aromatic amines is 1. The number of nitrogens with one attached hydrogen (secondary N) is 2. The third-order valence-corrected chi connectivity index (χ3v) is 4.07. The van der Waals surface area contributed by atoms with Gasteiger partial charge in [0.2, 0.25) is 0 Å². The second-order valence-corrected chi connectivity index (χ2v) is 5.67. The molecule has 4 aromatic rings. The summed E-state index contributed by atoms with van der Waals surface area (Å²) in [5, 5.41) is 4.83. The molecule has 0 aliphatic heterocycles. The van der Waals surface area contributed by atoms with E-state index < -0.39 is 0 Å². The Labute approximate surface area is 137 Å².